The summed E-state index contributed by atoms with van der Waals surface area (Å²) in [4.78, 5) is 14.8. The fraction of sp³-hybridized carbons (Fsp3) is 0.273. The molecule has 3 N–H and O–H groups in total. The van der Waals surface area contributed by atoms with E-state index in [0.717, 1.165) is 6.42 Å². The molecule has 78 valence electrons. The molecule has 4 heteroatoms. The molecule has 15 heavy (non-hydrogen) atoms. The molecular formula is C11H13N3O. The number of carbonyl (C=O) groups excluding carboxylic acids is 1. The Morgan fingerprint density at radius 3 is 2.87 bits per heavy atom. The number of aromatic nitrogens is 1. The molecule has 0 aromatic carbocycles. The van der Waals surface area contributed by atoms with Gasteiger partial charge < -0.3 is 11.1 Å². The van der Waals surface area contributed by atoms with E-state index in [-0.39, 0.29) is 6.04 Å². The number of pyridine rings is 1. The third-order valence-corrected chi connectivity index (χ3v) is 1.98. The van der Waals surface area contributed by atoms with E-state index in [1.807, 2.05) is 6.92 Å². The van der Waals surface area contributed by atoms with Gasteiger partial charge in [-0.1, -0.05) is 12.8 Å². The lowest BCUT2D eigenvalue weighted by Crippen LogP contribution is -2.17. The third-order valence-electron chi connectivity index (χ3n) is 1.98. The van der Waals surface area contributed by atoms with E-state index < -0.39 is 5.91 Å². The summed E-state index contributed by atoms with van der Waals surface area (Å²) >= 11 is 0. The summed E-state index contributed by atoms with van der Waals surface area (Å²) in [5.74, 6) is 2.75. The maximum atomic E-state index is 10.8. The first-order valence-electron chi connectivity index (χ1n) is 4.66. The zero-order valence-electron chi connectivity index (χ0n) is 8.53. The highest BCUT2D eigenvalue weighted by Crippen LogP contribution is 2.07. The van der Waals surface area contributed by atoms with Crippen LogP contribution in [-0.4, -0.2) is 16.9 Å². The molecule has 0 spiro atoms. The lowest BCUT2D eigenvalue weighted by Gasteiger charge is -2.10. The Kier molecular flexibility index (Phi) is 3.69. The van der Waals surface area contributed by atoms with Gasteiger partial charge in [0.05, 0.1) is 11.6 Å². The predicted octanol–water partition coefficient (Wildman–Crippen LogP) is 1.00. The van der Waals surface area contributed by atoms with Crippen LogP contribution >= 0.6 is 0 Å². The molecule has 0 radical (unpaired) electrons. The average molecular weight is 203 g/mol. The Balaban J connectivity index is 2.73. The van der Waals surface area contributed by atoms with Crippen molar-refractivity contribution in [1.82, 2.24) is 4.98 Å². The molecule has 0 bridgehead atoms. The summed E-state index contributed by atoms with van der Waals surface area (Å²) < 4.78 is 0. The van der Waals surface area contributed by atoms with Gasteiger partial charge in [0.25, 0.3) is 0 Å². The van der Waals surface area contributed by atoms with Crippen LogP contribution in [0.25, 0.3) is 0 Å². The van der Waals surface area contributed by atoms with Crippen molar-refractivity contribution >= 4 is 11.7 Å². The molecule has 1 rings (SSSR count). The Bertz CT molecular complexity index is 378. The number of rotatable bonds is 4. The van der Waals surface area contributed by atoms with Gasteiger partial charge in [0, 0.05) is 6.20 Å². The molecule has 1 unspecified atom stereocenters. The molecule has 0 aliphatic carbocycles. The number of nitrogens with zero attached hydrogens (tertiary/aromatic N) is 1. The zero-order valence-corrected chi connectivity index (χ0v) is 8.53. The number of primary amides is 1. The molecular weight excluding hydrogens is 190 g/mol. The number of anilines is 1. The smallest absolute Gasteiger partial charge is 0.250 e. The highest BCUT2D eigenvalue weighted by molar-refractivity contribution is 5.92. The molecule has 1 aromatic rings. The first-order valence-corrected chi connectivity index (χ1v) is 4.66. The quantitative estimate of drug-likeness (QED) is 0.717. The average Bonchev–Trinajstić information content (AvgIpc) is 2.26. The molecule has 1 heterocycles. The first kappa shape index (κ1) is 11.1. The molecule has 0 saturated heterocycles. The number of nitrogens with one attached hydrogen (secondary N) is 1. The second-order valence-electron chi connectivity index (χ2n) is 3.07. The highest BCUT2D eigenvalue weighted by Gasteiger charge is 2.04. The van der Waals surface area contributed by atoms with Crippen LogP contribution in [0.5, 0.6) is 0 Å². The van der Waals surface area contributed by atoms with E-state index in [9.17, 15) is 4.79 Å². The largest absolute Gasteiger partial charge is 0.366 e. The lowest BCUT2D eigenvalue weighted by molar-refractivity contribution is 0.1000. The number of carbonyl (C=O) groups is 1. The van der Waals surface area contributed by atoms with Crippen LogP contribution < -0.4 is 11.1 Å². The highest BCUT2D eigenvalue weighted by atomic mass is 16.1. The zero-order chi connectivity index (χ0) is 11.3. The van der Waals surface area contributed by atoms with Gasteiger partial charge in [-0.15, -0.1) is 6.42 Å². The van der Waals surface area contributed by atoms with Crippen LogP contribution in [0.3, 0.4) is 0 Å². The van der Waals surface area contributed by atoms with Crippen molar-refractivity contribution in [2.24, 2.45) is 5.73 Å². The van der Waals surface area contributed by atoms with Crippen LogP contribution in [0.15, 0.2) is 18.3 Å². The fourth-order valence-corrected chi connectivity index (χ4v) is 1.07. The Morgan fingerprint density at radius 1 is 1.73 bits per heavy atom. The number of nitrogens with two attached hydrogens (primary N) is 1. The van der Waals surface area contributed by atoms with Crippen LogP contribution in [0, 0.1) is 12.3 Å². The molecule has 0 fully saturated rings. The van der Waals surface area contributed by atoms with Gasteiger partial charge in [-0.05, 0) is 18.6 Å². The fourth-order valence-electron chi connectivity index (χ4n) is 1.07. The topological polar surface area (TPSA) is 68.0 Å². The van der Waals surface area contributed by atoms with Crippen molar-refractivity contribution in [1.29, 1.82) is 0 Å². The Morgan fingerprint density at radius 2 is 2.47 bits per heavy atom. The van der Waals surface area contributed by atoms with Crippen LogP contribution in [0.4, 0.5) is 5.82 Å². The molecule has 1 atom stereocenters. The van der Waals surface area contributed by atoms with E-state index in [1.54, 1.807) is 12.1 Å². The van der Waals surface area contributed by atoms with E-state index in [4.69, 9.17) is 12.2 Å². The molecule has 1 aromatic heterocycles. The van der Waals surface area contributed by atoms with E-state index >= 15 is 0 Å². The van der Waals surface area contributed by atoms with Crippen molar-refractivity contribution in [3.05, 3.63) is 23.9 Å². The van der Waals surface area contributed by atoms with Gasteiger partial charge in [0.1, 0.15) is 5.82 Å². The van der Waals surface area contributed by atoms with Gasteiger partial charge >= 0.3 is 0 Å². The van der Waals surface area contributed by atoms with Crippen molar-refractivity contribution < 1.29 is 4.79 Å². The van der Waals surface area contributed by atoms with Crippen LogP contribution in [0.1, 0.15) is 23.7 Å². The SMILES string of the molecule is C#CC(CC)Nc1ccc(C(N)=O)cn1. The van der Waals surface area contributed by atoms with Crippen LogP contribution in [0.2, 0.25) is 0 Å². The van der Waals surface area contributed by atoms with E-state index in [2.05, 4.69) is 16.2 Å². The van der Waals surface area contributed by atoms with Gasteiger partial charge in [0.15, 0.2) is 0 Å². The molecule has 4 nitrogen and oxygen atoms in total. The van der Waals surface area contributed by atoms with Gasteiger partial charge in [-0.25, -0.2) is 4.98 Å². The summed E-state index contributed by atoms with van der Waals surface area (Å²) in [5, 5.41) is 3.05. The summed E-state index contributed by atoms with van der Waals surface area (Å²) in [5.41, 5.74) is 5.47. The summed E-state index contributed by atoms with van der Waals surface area (Å²) in [6.45, 7) is 1.98. The van der Waals surface area contributed by atoms with Gasteiger partial charge in [-0.2, -0.15) is 0 Å². The van der Waals surface area contributed by atoms with Crippen molar-refractivity contribution in [3.8, 4) is 12.3 Å². The van der Waals surface area contributed by atoms with Crippen molar-refractivity contribution in [2.45, 2.75) is 19.4 Å². The Hall–Kier alpha value is -2.02. The minimum absolute atomic E-state index is 0.0445. The maximum Gasteiger partial charge on any atom is 0.250 e. The molecule has 0 aliphatic heterocycles. The lowest BCUT2D eigenvalue weighted by atomic mass is 10.2. The minimum Gasteiger partial charge on any atom is -0.366 e. The summed E-state index contributed by atoms with van der Waals surface area (Å²) in [6, 6.07) is 3.25. The van der Waals surface area contributed by atoms with E-state index in [1.165, 1.54) is 6.20 Å². The number of hydrogen-bond donors (Lipinski definition) is 2. The van der Waals surface area contributed by atoms with E-state index in [0.29, 0.717) is 11.4 Å². The Labute approximate surface area is 88.9 Å². The molecule has 0 aliphatic rings. The van der Waals surface area contributed by atoms with Crippen molar-refractivity contribution in [3.63, 3.8) is 0 Å². The normalized spacial score (nSPS) is 11.5. The first-order chi connectivity index (χ1) is 7.17. The van der Waals surface area contributed by atoms with Gasteiger partial charge in [0.2, 0.25) is 5.91 Å². The summed E-state index contributed by atoms with van der Waals surface area (Å²) in [7, 11) is 0. The summed E-state index contributed by atoms with van der Waals surface area (Å²) in [6.07, 6.45) is 7.53. The third kappa shape index (κ3) is 2.99. The molecule has 0 saturated carbocycles. The minimum atomic E-state index is -0.488. The second kappa shape index (κ2) is 5.01. The number of terminal acetylenes is 1. The molecule has 1 amide bonds. The van der Waals surface area contributed by atoms with Gasteiger partial charge in [-0.3, -0.25) is 4.79 Å². The monoisotopic (exact) mass is 203 g/mol. The predicted molar refractivity (Wildman–Crippen MR) is 59.3 cm³/mol. The second-order valence-corrected chi connectivity index (χ2v) is 3.07. The van der Waals surface area contributed by atoms with Crippen molar-refractivity contribution in [2.75, 3.05) is 5.32 Å². The number of hydrogen-bond acceptors (Lipinski definition) is 3. The van der Waals surface area contributed by atoms with Crippen LogP contribution in [-0.2, 0) is 0 Å². The standard InChI is InChI=1S/C11H13N3O/c1-3-9(4-2)14-10-6-5-8(7-13-10)11(12)15/h1,5-7,9H,4H2,2H3,(H2,12,15)(H,13,14). The maximum absolute atomic E-state index is 10.8. The number of amides is 1.